The molecule has 1 aliphatic heterocycles. The van der Waals surface area contributed by atoms with Crippen LogP contribution in [0.5, 0.6) is 0 Å². The van der Waals surface area contributed by atoms with E-state index in [1.54, 1.807) is 0 Å². The van der Waals surface area contributed by atoms with Crippen LogP contribution in [0.4, 0.5) is 0 Å². The van der Waals surface area contributed by atoms with E-state index < -0.39 is 0 Å². The summed E-state index contributed by atoms with van der Waals surface area (Å²) in [5, 5.41) is 3.59. The number of nitrogens with one attached hydrogen (secondary N) is 1. The summed E-state index contributed by atoms with van der Waals surface area (Å²) < 4.78 is 0. The van der Waals surface area contributed by atoms with Crippen molar-refractivity contribution in [3.8, 4) is 0 Å². The quantitative estimate of drug-likeness (QED) is 0.720. The summed E-state index contributed by atoms with van der Waals surface area (Å²) in [7, 11) is 0. The maximum absolute atomic E-state index is 3.59. The Morgan fingerprint density at radius 3 is 1.92 bits per heavy atom. The molecule has 0 aromatic heterocycles. The van der Waals surface area contributed by atoms with Crippen LogP contribution in [-0.4, -0.2) is 36.1 Å². The number of nitrogens with zero attached hydrogens (tertiary/aromatic N) is 1. The van der Waals surface area contributed by atoms with Crippen molar-refractivity contribution in [2.24, 2.45) is 0 Å². The van der Waals surface area contributed by atoms with Gasteiger partial charge in [0.05, 0.1) is 0 Å². The standard InChI is InChI=1S/C11H24N2/c1-5-13(6-2)11-7-9(3)12-10(4)8-11/h9-12H,5-8H2,1-4H3. The molecular formula is C11H24N2. The van der Waals surface area contributed by atoms with Crippen molar-refractivity contribution in [2.45, 2.75) is 58.7 Å². The van der Waals surface area contributed by atoms with Crippen molar-refractivity contribution in [3.63, 3.8) is 0 Å². The minimum Gasteiger partial charge on any atom is -0.312 e. The molecule has 0 aromatic rings. The molecule has 0 bridgehead atoms. The van der Waals surface area contributed by atoms with Crippen molar-refractivity contribution in [1.29, 1.82) is 0 Å². The van der Waals surface area contributed by atoms with Crippen LogP contribution in [0.2, 0.25) is 0 Å². The lowest BCUT2D eigenvalue weighted by Gasteiger charge is -2.39. The molecule has 2 atom stereocenters. The predicted octanol–water partition coefficient (Wildman–Crippen LogP) is 1.86. The fraction of sp³-hybridized carbons (Fsp3) is 1.00. The molecule has 78 valence electrons. The molecule has 13 heavy (non-hydrogen) atoms. The summed E-state index contributed by atoms with van der Waals surface area (Å²) in [4.78, 5) is 2.59. The van der Waals surface area contributed by atoms with E-state index in [0.717, 1.165) is 6.04 Å². The molecule has 0 aromatic carbocycles. The van der Waals surface area contributed by atoms with Crippen molar-refractivity contribution < 1.29 is 0 Å². The summed E-state index contributed by atoms with van der Waals surface area (Å²) >= 11 is 0. The van der Waals surface area contributed by atoms with Crippen LogP contribution < -0.4 is 5.32 Å². The third kappa shape index (κ3) is 2.96. The normalized spacial score (nSPS) is 35.3. The van der Waals surface area contributed by atoms with E-state index in [1.165, 1.54) is 25.9 Å². The summed E-state index contributed by atoms with van der Waals surface area (Å²) in [5.41, 5.74) is 0. The van der Waals surface area contributed by atoms with Gasteiger partial charge in [-0.15, -0.1) is 0 Å². The highest BCUT2D eigenvalue weighted by Gasteiger charge is 2.26. The Morgan fingerprint density at radius 2 is 1.54 bits per heavy atom. The smallest absolute Gasteiger partial charge is 0.0124 e. The van der Waals surface area contributed by atoms with Crippen LogP contribution in [0.3, 0.4) is 0 Å². The Labute approximate surface area is 82.7 Å². The van der Waals surface area contributed by atoms with Crippen LogP contribution in [0.25, 0.3) is 0 Å². The number of hydrogen-bond acceptors (Lipinski definition) is 2. The third-order valence-corrected chi connectivity index (χ3v) is 3.15. The molecule has 2 nitrogen and oxygen atoms in total. The lowest BCUT2D eigenvalue weighted by Crippen LogP contribution is -2.50. The molecular weight excluding hydrogens is 160 g/mol. The molecule has 0 aliphatic carbocycles. The highest BCUT2D eigenvalue weighted by molar-refractivity contribution is 4.85. The van der Waals surface area contributed by atoms with E-state index in [4.69, 9.17) is 0 Å². The Hall–Kier alpha value is -0.0800. The van der Waals surface area contributed by atoms with Gasteiger partial charge in [-0.2, -0.15) is 0 Å². The van der Waals surface area contributed by atoms with Crippen molar-refractivity contribution in [1.82, 2.24) is 10.2 Å². The zero-order valence-electron chi connectivity index (χ0n) is 9.51. The maximum Gasteiger partial charge on any atom is 0.0124 e. The van der Waals surface area contributed by atoms with Crippen molar-refractivity contribution in [3.05, 3.63) is 0 Å². The van der Waals surface area contributed by atoms with Gasteiger partial charge in [0.1, 0.15) is 0 Å². The zero-order valence-corrected chi connectivity index (χ0v) is 9.51. The topological polar surface area (TPSA) is 15.3 Å². The fourth-order valence-corrected chi connectivity index (χ4v) is 2.57. The van der Waals surface area contributed by atoms with Gasteiger partial charge in [-0.1, -0.05) is 13.8 Å². The fourth-order valence-electron chi connectivity index (χ4n) is 2.57. The van der Waals surface area contributed by atoms with E-state index >= 15 is 0 Å². The Morgan fingerprint density at radius 1 is 1.08 bits per heavy atom. The highest BCUT2D eigenvalue weighted by Crippen LogP contribution is 2.18. The molecule has 0 saturated carbocycles. The summed E-state index contributed by atoms with van der Waals surface area (Å²) in [5.74, 6) is 0. The Kier molecular flexibility index (Phi) is 4.20. The van der Waals surface area contributed by atoms with E-state index in [1.807, 2.05) is 0 Å². The van der Waals surface area contributed by atoms with Crippen LogP contribution in [0.1, 0.15) is 40.5 Å². The van der Waals surface area contributed by atoms with Gasteiger partial charge in [0.25, 0.3) is 0 Å². The van der Waals surface area contributed by atoms with Crippen molar-refractivity contribution in [2.75, 3.05) is 13.1 Å². The molecule has 2 unspecified atom stereocenters. The third-order valence-electron chi connectivity index (χ3n) is 3.15. The monoisotopic (exact) mass is 184 g/mol. The maximum atomic E-state index is 3.59. The van der Waals surface area contributed by atoms with Gasteiger partial charge < -0.3 is 10.2 Å². The molecule has 0 radical (unpaired) electrons. The molecule has 1 saturated heterocycles. The second kappa shape index (κ2) is 4.97. The molecule has 1 fully saturated rings. The first-order chi connectivity index (χ1) is 6.17. The minimum absolute atomic E-state index is 0.689. The average Bonchev–Trinajstić information content (AvgIpc) is 2.04. The van der Waals surface area contributed by atoms with E-state index in [9.17, 15) is 0 Å². The van der Waals surface area contributed by atoms with E-state index in [0.29, 0.717) is 12.1 Å². The van der Waals surface area contributed by atoms with Gasteiger partial charge >= 0.3 is 0 Å². The second-order valence-corrected chi connectivity index (χ2v) is 4.32. The molecule has 0 spiro atoms. The van der Waals surface area contributed by atoms with Gasteiger partial charge in [-0.25, -0.2) is 0 Å². The Balaban J connectivity index is 2.48. The van der Waals surface area contributed by atoms with Gasteiger partial charge in [0, 0.05) is 18.1 Å². The minimum atomic E-state index is 0.689. The first-order valence-electron chi connectivity index (χ1n) is 5.67. The second-order valence-electron chi connectivity index (χ2n) is 4.32. The lowest BCUT2D eigenvalue weighted by molar-refractivity contribution is 0.142. The molecule has 1 N–H and O–H groups in total. The molecule has 1 rings (SSSR count). The number of rotatable bonds is 3. The molecule has 0 amide bonds. The van der Waals surface area contributed by atoms with Gasteiger partial charge in [0.15, 0.2) is 0 Å². The average molecular weight is 184 g/mol. The number of piperidine rings is 1. The van der Waals surface area contributed by atoms with Crippen LogP contribution >= 0.6 is 0 Å². The summed E-state index contributed by atoms with van der Waals surface area (Å²) in [6, 6.07) is 2.19. The molecule has 1 aliphatic rings. The SMILES string of the molecule is CCN(CC)C1CC(C)NC(C)C1. The largest absolute Gasteiger partial charge is 0.312 e. The van der Waals surface area contributed by atoms with E-state index in [2.05, 4.69) is 37.9 Å². The number of hydrogen-bond donors (Lipinski definition) is 1. The highest BCUT2D eigenvalue weighted by atomic mass is 15.2. The Bertz CT molecular complexity index is 133. The van der Waals surface area contributed by atoms with Gasteiger partial charge in [0.2, 0.25) is 0 Å². The van der Waals surface area contributed by atoms with Gasteiger partial charge in [-0.3, -0.25) is 0 Å². The van der Waals surface area contributed by atoms with Gasteiger partial charge in [-0.05, 0) is 39.8 Å². The lowest BCUT2D eigenvalue weighted by atomic mass is 9.94. The van der Waals surface area contributed by atoms with Crippen LogP contribution in [0, 0.1) is 0 Å². The molecule has 1 heterocycles. The summed E-state index contributed by atoms with van der Waals surface area (Å²) in [6.07, 6.45) is 2.62. The van der Waals surface area contributed by atoms with Crippen LogP contribution in [-0.2, 0) is 0 Å². The first-order valence-corrected chi connectivity index (χ1v) is 5.67. The summed E-state index contributed by atoms with van der Waals surface area (Å²) in [6.45, 7) is 11.5. The first kappa shape index (κ1) is 11.0. The van der Waals surface area contributed by atoms with Crippen LogP contribution in [0.15, 0.2) is 0 Å². The van der Waals surface area contributed by atoms with E-state index in [-0.39, 0.29) is 0 Å². The van der Waals surface area contributed by atoms with Crippen molar-refractivity contribution >= 4 is 0 Å². The molecule has 2 heteroatoms. The zero-order chi connectivity index (χ0) is 9.84. The predicted molar refractivity (Wildman–Crippen MR) is 58.0 cm³/mol.